The number of aromatic nitrogens is 2. The molecule has 2 saturated heterocycles. The van der Waals surface area contributed by atoms with Gasteiger partial charge < -0.3 is 10.6 Å². The van der Waals surface area contributed by atoms with E-state index in [9.17, 15) is 9.59 Å². The first-order chi connectivity index (χ1) is 12.6. The first kappa shape index (κ1) is 21.5. The summed E-state index contributed by atoms with van der Waals surface area (Å²) < 4.78 is 0. The Hall–Kier alpha value is -1.77. The molecule has 150 valence electrons. The van der Waals surface area contributed by atoms with Gasteiger partial charge in [0.25, 0.3) is 0 Å². The molecule has 1 aromatic heterocycles. The quantitative estimate of drug-likeness (QED) is 0.658. The molecular weight excluding hydrogens is 368 g/mol. The number of hydrogen-bond acceptors (Lipinski definition) is 6. The third kappa shape index (κ3) is 6.12. The van der Waals surface area contributed by atoms with Crippen molar-refractivity contribution in [1.29, 1.82) is 0 Å². The van der Waals surface area contributed by atoms with E-state index in [0.29, 0.717) is 18.4 Å². The molecule has 2 aliphatic rings. The van der Waals surface area contributed by atoms with E-state index in [2.05, 4.69) is 30.8 Å². The Labute approximate surface area is 166 Å². The van der Waals surface area contributed by atoms with Gasteiger partial charge in [0.05, 0.1) is 12.1 Å². The van der Waals surface area contributed by atoms with Crippen LogP contribution in [0.15, 0.2) is 18.5 Å². The largest absolute Gasteiger partial charge is 0.354 e. The predicted octanol–water partition coefficient (Wildman–Crippen LogP) is 0.806. The summed E-state index contributed by atoms with van der Waals surface area (Å²) in [4.78, 5) is 34.8. The van der Waals surface area contributed by atoms with Gasteiger partial charge in [0.1, 0.15) is 0 Å². The van der Waals surface area contributed by atoms with Gasteiger partial charge in [-0.2, -0.15) is 0 Å². The second-order valence-corrected chi connectivity index (χ2v) is 7.13. The summed E-state index contributed by atoms with van der Waals surface area (Å²) in [7, 11) is 0. The van der Waals surface area contributed by atoms with Crippen molar-refractivity contribution in [2.75, 3.05) is 31.5 Å². The van der Waals surface area contributed by atoms with E-state index in [1.807, 2.05) is 6.92 Å². The Kier molecular flexibility index (Phi) is 8.40. The zero-order chi connectivity index (χ0) is 18.4. The molecule has 9 heteroatoms. The number of halogens is 1. The minimum Gasteiger partial charge on any atom is -0.354 e. The van der Waals surface area contributed by atoms with Crippen molar-refractivity contribution >= 4 is 30.2 Å². The monoisotopic (exact) mass is 396 g/mol. The minimum absolute atomic E-state index is 0. The number of likely N-dealkylation sites (tertiary alicyclic amines) is 1. The summed E-state index contributed by atoms with van der Waals surface area (Å²) in [5.74, 6) is 0.703. The maximum atomic E-state index is 12.4. The van der Waals surface area contributed by atoms with Crippen molar-refractivity contribution < 1.29 is 9.59 Å². The molecule has 2 fully saturated rings. The smallest absolute Gasteiger partial charge is 0.243 e. The first-order valence-corrected chi connectivity index (χ1v) is 9.46. The number of carbonyl (C=O) groups is 2. The van der Waals surface area contributed by atoms with E-state index in [-0.39, 0.29) is 36.3 Å². The minimum atomic E-state index is -0.256. The van der Waals surface area contributed by atoms with Gasteiger partial charge in [0.2, 0.25) is 17.8 Å². The van der Waals surface area contributed by atoms with Gasteiger partial charge in [-0.1, -0.05) is 0 Å². The fraction of sp³-hybridized carbons (Fsp3) is 0.667. The third-order valence-electron chi connectivity index (χ3n) is 5.22. The van der Waals surface area contributed by atoms with Crippen LogP contribution in [0.2, 0.25) is 0 Å². The van der Waals surface area contributed by atoms with Crippen LogP contribution in [0.1, 0.15) is 32.6 Å². The number of hydrogen-bond donors (Lipinski definition) is 3. The summed E-state index contributed by atoms with van der Waals surface area (Å²) in [6, 6.07) is 1.42. The zero-order valence-electron chi connectivity index (χ0n) is 15.7. The SMILES string of the molecule is CC(C(=O)Nc1ncccn1)N1CCCC(CNC(=O)C2CCCN2)C1.Cl. The van der Waals surface area contributed by atoms with Crippen molar-refractivity contribution in [1.82, 2.24) is 25.5 Å². The molecule has 8 nitrogen and oxygen atoms in total. The lowest BCUT2D eigenvalue weighted by Gasteiger charge is -2.36. The van der Waals surface area contributed by atoms with E-state index in [1.165, 1.54) is 0 Å². The van der Waals surface area contributed by atoms with Crippen molar-refractivity contribution in [3.05, 3.63) is 18.5 Å². The standard InChI is InChI=1S/C18H28N6O2.ClH/c1-13(16(25)23-18-20-8-4-9-21-18)24-10-3-5-14(12-24)11-22-17(26)15-6-2-7-19-15;/h4,8-9,13-15,19H,2-3,5-7,10-12H2,1H3,(H,22,26)(H,20,21,23,25);1H. The highest BCUT2D eigenvalue weighted by Gasteiger charge is 2.29. The molecule has 0 aromatic carbocycles. The van der Waals surface area contributed by atoms with Gasteiger partial charge in [0, 0.05) is 25.5 Å². The van der Waals surface area contributed by atoms with Crippen molar-refractivity contribution in [3.63, 3.8) is 0 Å². The van der Waals surface area contributed by atoms with Gasteiger partial charge in [-0.3, -0.25) is 19.8 Å². The summed E-state index contributed by atoms with van der Waals surface area (Å²) in [5.41, 5.74) is 0. The number of piperidine rings is 1. The highest BCUT2D eigenvalue weighted by Crippen LogP contribution is 2.19. The maximum absolute atomic E-state index is 12.4. The van der Waals surface area contributed by atoms with Gasteiger partial charge in [0.15, 0.2) is 0 Å². The number of rotatable bonds is 6. The Morgan fingerprint density at radius 3 is 2.78 bits per heavy atom. The molecule has 2 aliphatic heterocycles. The Balaban J connectivity index is 0.00000261. The van der Waals surface area contributed by atoms with Crippen LogP contribution in [0.5, 0.6) is 0 Å². The molecule has 2 amide bonds. The van der Waals surface area contributed by atoms with E-state index in [4.69, 9.17) is 0 Å². The van der Waals surface area contributed by atoms with Crippen LogP contribution in [0.4, 0.5) is 5.95 Å². The molecule has 3 atom stereocenters. The third-order valence-corrected chi connectivity index (χ3v) is 5.22. The lowest BCUT2D eigenvalue weighted by atomic mass is 9.96. The Bertz CT molecular complexity index is 611. The average Bonchev–Trinajstić information content (AvgIpc) is 3.21. The van der Waals surface area contributed by atoms with Gasteiger partial charge in [-0.25, -0.2) is 9.97 Å². The zero-order valence-corrected chi connectivity index (χ0v) is 16.5. The van der Waals surface area contributed by atoms with Gasteiger partial charge >= 0.3 is 0 Å². The molecule has 3 rings (SSSR count). The van der Waals surface area contributed by atoms with Crippen LogP contribution in [0.25, 0.3) is 0 Å². The molecule has 3 unspecified atom stereocenters. The Morgan fingerprint density at radius 1 is 1.30 bits per heavy atom. The summed E-state index contributed by atoms with van der Waals surface area (Å²) in [6.07, 6.45) is 7.29. The van der Waals surface area contributed by atoms with E-state index in [0.717, 1.165) is 45.3 Å². The Morgan fingerprint density at radius 2 is 2.07 bits per heavy atom. The molecule has 0 saturated carbocycles. The van der Waals surface area contributed by atoms with E-state index in [1.54, 1.807) is 18.5 Å². The number of nitrogens with zero attached hydrogens (tertiary/aromatic N) is 3. The molecule has 0 bridgehead atoms. The average molecular weight is 397 g/mol. The second kappa shape index (κ2) is 10.5. The number of nitrogens with one attached hydrogen (secondary N) is 3. The molecule has 1 aromatic rings. The molecule has 0 radical (unpaired) electrons. The number of anilines is 1. The second-order valence-electron chi connectivity index (χ2n) is 7.13. The fourth-order valence-electron chi connectivity index (χ4n) is 3.64. The molecular formula is C18H29ClN6O2. The van der Waals surface area contributed by atoms with Crippen molar-refractivity contribution in [2.45, 2.75) is 44.7 Å². The molecule has 3 N–H and O–H groups in total. The van der Waals surface area contributed by atoms with Gasteiger partial charge in [-0.15, -0.1) is 12.4 Å². The van der Waals surface area contributed by atoms with Crippen molar-refractivity contribution in [2.24, 2.45) is 5.92 Å². The van der Waals surface area contributed by atoms with Crippen LogP contribution in [0.3, 0.4) is 0 Å². The molecule has 3 heterocycles. The molecule has 27 heavy (non-hydrogen) atoms. The normalized spacial score (nSPS) is 23.9. The summed E-state index contributed by atoms with van der Waals surface area (Å²) >= 11 is 0. The predicted molar refractivity (Wildman–Crippen MR) is 106 cm³/mol. The van der Waals surface area contributed by atoms with Crippen LogP contribution < -0.4 is 16.0 Å². The lowest BCUT2D eigenvalue weighted by Crippen LogP contribution is -2.50. The van der Waals surface area contributed by atoms with Crippen molar-refractivity contribution in [3.8, 4) is 0 Å². The lowest BCUT2D eigenvalue weighted by molar-refractivity contribution is -0.124. The van der Waals surface area contributed by atoms with E-state index < -0.39 is 0 Å². The number of carbonyl (C=O) groups excluding carboxylic acids is 2. The van der Waals surface area contributed by atoms with Crippen LogP contribution in [0, 0.1) is 5.92 Å². The van der Waals surface area contributed by atoms with Crippen LogP contribution in [-0.4, -0.2) is 64.9 Å². The topological polar surface area (TPSA) is 99.2 Å². The summed E-state index contributed by atoms with van der Waals surface area (Å²) in [6.45, 7) is 5.19. The highest BCUT2D eigenvalue weighted by molar-refractivity contribution is 5.93. The fourth-order valence-corrected chi connectivity index (χ4v) is 3.64. The molecule has 0 spiro atoms. The van der Waals surface area contributed by atoms with E-state index >= 15 is 0 Å². The van der Waals surface area contributed by atoms with Crippen LogP contribution >= 0.6 is 12.4 Å². The maximum Gasteiger partial charge on any atom is 0.243 e. The summed E-state index contributed by atoms with van der Waals surface area (Å²) in [5, 5.41) is 9.06. The number of amides is 2. The molecule has 0 aliphatic carbocycles. The highest BCUT2D eigenvalue weighted by atomic mass is 35.5. The van der Waals surface area contributed by atoms with Crippen LogP contribution in [-0.2, 0) is 9.59 Å². The van der Waals surface area contributed by atoms with Gasteiger partial charge in [-0.05, 0) is 57.7 Å². The first-order valence-electron chi connectivity index (χ1n) is 9.46.